The first-order valence-electron chi connectivity index (χ1n) is 9.82. The van der Waals surface area contributed by atoms with Crippen molar-refractivity contribution in [3.05, 3.63) is 65.9 Å². The maximum Gasteiger partial charge on any atom is 0.295 e. The quantitative estimate of drug-likeness (QED) is 0.549. The lowest BCUT2D eigenvalue weighted by molar-refractivity contribution is -0.130. The van der Waals surface area contributed by atoms with Crippen LogP contribution in [0.1, 0.15) is 35.2 Å². The molecular formula is C23H22N2O3. The van der Waals surface area contributed by atoms with E-state index in [1.165, 1.54) is 5.56 Å². The number of likely N-dealkylation sites (tertiary alicyclic amines) is 1. The zero-order chi connectivity index (χ0) is 19.1. The molecule has 5 heteroatoms. The van der Waals surface area contributed by atoms with E-state index in [0.29, 0.717) is 18.7 Å². The van der Waals surface area contributed by atoms with Crippen molar-refractivity contribution in [2.75, 3.05) is 13.1 Å². The van der Waals surface area contributed by atoms with Gasteiger partial charge in [0.05, 0.1) is 5.56 Å². The summed E-state index contributed by atoms with van der Waals surface area (Å²) in [4.78, 5) is 30.4. The highest BCUT2D eigenvalue weighted by Gasteiger charge is 2.41. The standard InChI is InChI=1S/C23H22N2O3/c26-21(18-15-24-19-7-3-2-6-17(18)19)22(27)25-13-11-23(12-14-25)10-9-16-5-1-4-8-20(16)28-23/h1-8,15,24H,9-14H2. The topological polar surface area (TPSA) is 62.4 Å². The monoisotopic (exact) mass is 374 g/mol. The van der Waals surface area contributed by atoms with Gasteiger partial charge in [0, 0.05) is 43.0 Å². The predicted molar refractivity (Wildman–Crippen MR) is 107 cm³/mol. The third kappa shape index (κ3) is 2.78. The van der Waals surface area contributed by atoms with E-state index in [1.54, 1.807) is 11.1 Å². The van der Waals surface area contributed by atoms with E-state index in [-0.39, 0.29) is 5.60 Å². The summed E-state index contributed by atoms with van der Waals surface area (Å²) in [5.41, 5.74) is 2.35. The molecule has 1 spiro atoms. The number of ketones is 1. The van der Waals surface area contributed by atoms with Gasteiger partial charge in [-0.05, 0) is 30.5 Å². The number of benzene rings is 2. The Hall–Kier alpha value is -3.08. The fourth-order valence-electron chi connectivity index (χ4n) is 4.44. The molecule has 0 saturated carbocycles. The van der Waals surface area contributed by atoms with Gasteiger partial charge in [-0.2, -0.15) is 0 Å². The van der Waals surface area contributed by atoms with Gasteiger partial charge in [0.25, 0.3) is 11.7 Å². The average molecular weight is 374 g/mol. The first-order chi connectivity index (χ1) is 13.7. The number of fused-ring (bicyclic) bond motifs is 2. The molecule has 3 aromatic rings. The minimum Gasteiger partial charge on any atom is -0.487 e. The van der Waals surface area contributed by atoms with Gasteiger partial charge in [-0.1, -0.05) is 36.4 Å². The highest BCUT2D eigenvalue weighted by molar-refractivity contribution is 6.44. The number of carbonyl (C=O) groups is 2. The summed E-state index contributed by atoms with van der Waals surface area (Å²) in [5.74, 6) is 0.0996. The number of H-pyrrole nitrogens is 1. The fourth-order valence-corrected chi connectivity index (χ4v) is 4.44. The number of para-hydroxylation sites is 2. The molecule has 1 N–H and O–H groups in total. The Labute approximate surface area is 163 Å². The van der Waals surface area contributed by atoms with Gasteiger partial charge < -0.3 is 14.6 Å². The van der Waals surface area contributed by atoms with E-state index >= 15 is 0 Å². The number of aromatic nitrogens is 1. The van der Waals surface area contributed by atoms with Crippen molar-refractivity contribution in [2.45, 2.75) is 31.3 Å². The number of hydrogen-bond acceptors (Lipinski definition) is 3. The molecule has 1 amide bonds. The SMILES string of the molecule is O=C(C(=O)N1CCC2(CCc3ccccc3O2)CC1)c1c[nH]c2ccccc12. The van der Waals surface area contributed by atoms with Crippen molar-refractivity contribution in [3.8, 4) is 5.75 Å². The van der Waals surface area contributed by atoms with Crippen molar-refractivity contribution in [1.82, 2.24) is 9.88 Å². The van der Waals surface area contributed by atoms with Crippen LogP contribution in [0.4, 0.5) is 0 Å². The summed E-state index contributed by atoms with van der Waals surface area (Å²) in [6, 6.07) is 15.7. The van der Waals surface area contributed by atoms with Crippen LogP contribution in [0.2, 0.25) is 0 Å². The molecule has 1 aromatic heterocycles. The Balaban J connectivity index is 1.29. The molecule has 0 radical (unpaired) electrons. The summed E-state index contributed by atoms with van der Waals surface area (Å²) in [6.07, 6.45) is 5.11. The smallest absolute Gasteiger partial charge is 0.295 e. The fraction of sp³-hybridized carbons (Fsp3) is 0.304. The van der Waals surface area contributed by atoms with E-state index in [4.69, 9.17) is 4.74 Å². The molecule has 1 saturated heterocycles. The van der Waals surface area contributed by atoms with Gasteiger partial charge in [0.2, 0.25) is 0 Å². The number of aromatic amines is 1. The Morgan fingerprint density at radius 2 is 1.71 bits per heavy atom. The van der Waals surface area contributed by atoms with Crippen LogP contribution in [0.25, 0.3) is 10.9 Å². The number of ether oxygens (including phenoxy) is 1. The summed E-state index contributed by atoms with van der Waals surface area (Å²) < 4.78 is 6.35. The summed E-state index contributed by atoms with van der Waals surface area (Å²) in [5, 5.41) is 0.793. The summed E-state index contributed by atoms with van der Waals surface area (Å²) >= 11 is 0. The first kappa shape index (κ1) is 17.0. The van der Waals surface area contributed by atoms with Gasteiger partial charge >= 0.3 is 0 Å². The molecule has 0 bridgehead atoms. The van der Waals surface area contributed by atoms with Gasteiger partial charge in [-0.3, -0.25) is 9.59 Å². The second-order valence-electron chi connectivity index (χ2n) is 7.76. The molecule has 28 heavy (non-hydrogen) atoms. The molecule has 5 rings (SSSR count). The van der Waals surface area contributed by atoms with Crippen LogP contribution in [0.5, 0.6) is 5.75 Å². The molecular weight excluding hydrogens is 352 g/mol. The average Bonchev–Trinajstić information content (AvgIpc) is 3.17. The van der Waals surface area contributed by atoms with Crippen LogP contribution in [0, 0.1) is 0 Å². The van der Waals surface area contributed by atoms with Crippen LogP contribution < -0.4 is 4.74 Å². The number of nitrogens with one attached hydrogen (secondary N) is 1. The third-order valence-corrected chi connectivity index (χ3v) is 6.14. The second-order valence-corrected chi connectivity index (χ2v) is 7.76. The molecule has 0 unspecified atom stereocenters. The number of Topliss-reactive ketones (excluding diaryl/α,β-unsaturated/α-hetero) is 1. The van der Waals surface area contributed by atoms with E-state index in [2.05, 4.69) is 11.1 Å². The molecule has 2 aliphatic rings. The van der Waals surface area contributed by atoms with Crippen LogP contribution in [-0.4, -0.2) is 40.3 Å². The van der Waals surface area contributed by atoms with Crippen LogP contribution >= 0.6 is 0 Å². The van der Waals surface area contributed by atoms with Gasteiger partial charge in [0.15, 0.2) is 0 Å². The maximum absolute atomic E-state index is 12.8. The van der Waals surface area contributed by atoms with E-state index in [9.17, 15) is 9.59 Å². The molecule has 5 nitrogen and oxygen atoms in total. The Kier molecular flexibility index (Phi) is 3.97. The van der Waals surface area contributed by atoms with Crippen molar-refractivity contribution in [2.24, 2.45) is 0 Å². The van der Waals surface area contributed by atoms with Gasteiger partial charge in [0.1, 0.15) is 11.4 Å². The predicted octanol–water partition coefficient (Wildman–Crippen LogP) is 3.74. The lowest BCUT2D eigenvalue weighted by atomic mass is 9.83. The Bertz CT molecular complexity index is 1060. The summed E-state index contributed by atoms with van der Waals surface area (Å²) in [7, 11) is 0. The van der Waals surface area contributed by atoms with Crippen LogP contribution in [0.3, 0.4) is 0 Å². The highest BCUT2D eigenvalue weighted by Crippen LogP contribution is 2.39. The molecule has 0 aliphatic carbocycles. The molecule has 0 atom stereocenters. The molecule has 2 aliphatic heterocycles. The highest BCUT2D eigenvalue weighted by atomic mass is 16.5. The molecule has 142 valence electrons. The zero-order valence-corrected chi connectivity index (χ0v) is 15.6. The number of carbonyl (C=O) groups excluding carboxylic acids is 2. The normalized spacial score (nSPS) is 17.9. The van der Waals surface area contributed by atoms with Crippen molar-refractivity contribution in [1.29, 1.82) is 0 Å². The van der Waals surface area contributed by atoms with Gasteiger partial charge in [-0.15, -0.1) is 0 Å². The molecule has 1 fully saturated rings. The van der Waals surface area contributed by atoms with Crippen molar-refractivity contribution in [3.63, 3.8) is 0 Å². The van der Waals surface area contributed by atoms with Gasteiger partial charge in [-0.25, -0.2) is 0 Å². The van der Waals surface area contributed by atoms with Crippen LogP contribution in [-0.2, 0) is 11.2 Å². The number of aryl methyl sites for hydroxylation is 1. The molecule has 2 aromatic carbocycles. The van der Waals surface area contributed by atoms with E-state index in [0.717, 1.165) is 42.3 Å². The largest absolute Gasteiger partial charge is 0.487 e. The number of piperidine rings is 1. The Morgan fingerprint density at radius 1 is 0.964 bits per heavy atom. The minimum atomic E-state index is -0.441. The number of hydrogen-bond donors (Lipinski definition) is 1. The lowest BCUT2D eigenvalue weighted by Crippen LogP contribution is -2.52. The maximum atomic E-state index is 12.8. The van der Waals surface area contributed by atoms with Crippen molar-refractivity contribution >= 4 is 22.6 Å². The number of nitrogens with zero attached hydrogens (tertiary/aromatic N) is 1. The van der Waals surface area contributed by atoms with E-state index in [1.807, 2.05) is 42.5 Å². The minimum absolute atomic E-state index is 0.213. The lowest BCUT2D eigenvalue weighted by Gasteiger charge is -2.44. The zero-order valence-electron chi connectivity index (χ0n) is 15.6. The molecule has 3 heterocycles. The third-order valence-electron chi connectivity index (χ3n) is 6.14. The number of amides is 1. The number of rotatable bonds is 2. The van der Waals surface area contributed by atoms with Crippen LogP contribution in [0.15, 0.2) is 54.7 Å². The summed E-state index contributed by atoms with van der Waals surface area (Å²) in [6.45, 7) is 1.10. The first-order valence-corrected chi connectivity index (χ1v) is 9.82. The second kappa shape index (κ2) is 6.51. The Morgan fingerprint density at radius 3 is 2.57 bits per heavy atom. The van der Waals surface area contributed by atoms with Crippen molar-refractivity contribution < 1.29 is 14.3 Å². The van der Waals surface area contributed by atoms with E-state index < -0.39 is 11.7 Å².